The minimum Gasteiger partial charge on any atom is -0.480 e. The lowest BCUT2D eigenvalue weighted by Gasteiger charge is -2.10. The third kappa shape index (κ3) is 5.06. The van der Waals surface area contributed by atoms with Gasteiger partial charge in [0.2, 0.25) is 0 Å². The van der Waals surface area contributed by atoms with E-state index in [-0.39, 0.29) is 6.04 Å². The maximum atomic E-state index is 10.4. The van der Waals surface area contributed by atoms with Gasteiger partial charge in [-0.2, -0.15) is 5.48 Å². The van der Waals surface area contributed by atoms with Gasteiger partial charge in [-0.15, -0.1) is 0 Å². The zero-order valence-corrected chi connectivity index (χ0v) is 7.16. The van der Waals surface area contributed by atoms with E-state index >= 15 is 0 Å². The molecule has 0 aliphatic heterocycles. The summed E-state index contributed by atoms with van der Waals surface area (Å²) < 4.78 is 0. The smallest absolute Gasteiger partial charge is 0.323 e. The van der Waals surface area contributed by atoms with Gasteiger partial charge < -0.3 is 16.0 Å². The van der Waals surface area contributed by atoms with Gasteiger partial charge in [0.1, 0.15) is 6.04 Å². The summed E-state index contributed by atoms with van der Waals surface area (Å²) in [6, 6.07) is -0.790. The van der Waals surface area contributed by atoms with Crippen LogP contribution >= 0.6 is 0 Å². The predicted octanol–water partition coefficient (Wildman–Crippen LogP) is -0.0641. The van der Waals surface area contributed by atoms with Gasteiger partial charge in [-0.3, -0.25) is 4.79 Å². The highest BCUT2D eigenvalue weighted by Crippen LogP contribution is 2.02. The lowest BCUT2D eigenvalue weighted by Crippen LogP contribution is -2.34. The van der Waals surface area contributed by atoms with E-state index in [9.17, 15) is 4.79 Å². The van der Waals surface area contributed by atoms with Crippen molar-refractivity contribution in [2.45, 2.75) is 38.3 Å². The first kappa shape index (κ1) is 11.4. The number of carboxylic acids is 1. The van der Waals surface area contributed by atoms with Gasteiger partial charge in [0, 0.05) is 6.04 Å². The minimum atomic E-state index is -1.04. The number of rotatable bonds is 6. The van der Waals surface area contributed by atoms with Crippen molar-refractivity contribution in [2.24, 2.45) is 5.73 Å². The summed E-state index contributed by atoms with van der Waals surface area (Å²) in [4.78, 5) is 10.4. The van der Waals surface area contributed by atoms with Gasteiger partial charge in [-0.1, -0.05) is 0 Å². The van der Waals surface area contributed by atoms with Gasteiger partial charge in [0.25, 0.3) is 0 Å². The number of hydrogen-bond acceptors (Lipinski definition) is 4. The summed E-state index contributed by atoms with van der Waals surface area (Å²) in [5, 5.41) is 16.9. The van der Waals surface area contributed by atoms with E-state index in [4.69, 9.17) is 16.0 Å². The van der Waals surface area contributed by atoms with Crippen molar-refractivity contribution >= 4 is 5.97 Å². The maximum Gasteiger partial charge on any atom is 0.323 e. The molecule has 0 aromatic carbocycles. The van der Waals surface area contributed by atoms with Crippen LogP contribution in [-0.4, -0.2) is 28.4 Å². The Labute approximate surface area is 71.5 Å². The highest BCUT2D eigenvalue weighted by atomic mass is 16.5. The second kappa shape index (κ2) is 5.93. The average molecular weight is 176 g/mol. The Kier molecular flexibility index (Phi) is 5.61. The van der Waals surface area contributed by atoms with Gasteiger partial charge in [0.05, 0.1) is 0 Å². The molecule has 5 heteroatoms. The first-order valence-electron chi connectivity index (χ1n) is 3.96. The molecule has 2 atom stereocenters. The van der Waals surface area contributed by atoms with E-state index in [0.717, 1.165) is 6.42 Å². The topological polar surface area (TPSA) is 95.6 Å². The summed E-state index contributed by atoms with van der Waals surface area (Å²) in [7, 11) is 0. The number of hydrogen-bond donors (Lipinski definition) is 4. The van der Waals surface area contributed by atoms with Crippen LogP contribution in [0.5, 0.6) is 0 Å². The Morgan fingerprint density at radius 3 is 2.50 bits per heavy atom. The summed E-state index contributed by atoms with van der Waals surface area (Å²) in [6.45, 7) is 1.86. The Balaban J connectivity index is 3.52. The van der Waals surface area contributed by atoms with E-state index in [2.05, 4.69) is 0 Å². The third-order valence-corrected chi connectivity index (χ3v) is 1.61. The summed E-state index contributed by atoms with van der Waals surface area (Å²) >= 11 is 0. The first-order valence-corrected chi connectivity index (χ1v) is 3.96. The van der Waals surface area contributed by atoms with Gasteiger partial charge in [-0.05, 0) is 26.2 Å². The molecule has 0 saturated carbocycles. The molecule has 0 aliphatic rings. The number of carbonyl (C=O) groups is 1. The molecule has 0 bridgehead atoms. The van der Waals surface area contributed by atoms with E-state index in [1.165, 1.54) is 0 Å². The van der Waals surface area contributed by atoms with Crippen LogP contribution in [0.2, 0.25) is 0 Å². The van der Waals surface area contributed by atoms with Crippen LogP contribution in [0.25, 0.3) is 0 Å². The Bertz CT molecular complexity index is 139. The second-order valence-corrected chi connectivity index (χ2v) is 2.93. The maximum absolute atomic E-state index is 10.4. The summed E-state index contributed by atoms with van der Waals surface area (Å²) in [6.07, 6.45) is 1.86. The Morgan fingerprint density at radius 1 is 1.58 bits per heavy atom. The number of nitrogens with two attached hydrogens (primary N) is 1. The van der Waals surface area contributed by atoms with Crippen molar-refractivity contribution in [2.75, 3.05) is 0 Å². The standard InChI is InChI=1S/C7H16N2O3/c1-5(8)3-2-4-6(9-12)7(10)11/h5-6,9,12H,2-4,8H2,1H3,(H,10,11)/t5?,6-/m0/s1. The molecule has 0 amide bonds. The normalized spacial score (nSPS) is 15.6. The minimum absolute atomic E-state index is 0.0816. The molecule has 5 N–H and O–H groups in total. The zero-order valence-electron chi connectivity index (χ0n) is 7.16. The van der Waals surface area contributed by atoms with Gasteiger partial charge >= 0.3 is 5.97 Å². The lowest BCUT2D eigenvalue weighted by molar-refractivity contribution is -0.142. The second-order valence-electron chi connectivity index (χ2n) is 2.93. The first-order chi connectivity index (χ1) is 5.57. The fraction of sp³-hybridized carbons (Fsp3) is 0.857. The largest absolute Gasteiger partial charge is 0.480 e. The van der Waals surface area contributed by atoms with Gasteiger partial charge in [-0.25, -0.2) is 0 Å². The average Bonchev–Trinajstić information content (AvgIpc) is 1.96. The quantitative estimate of drug-likeness (QED) is 0.425. The molecule has 0 spiro atoms. The van der Waals surface area contributed by atoms with E-state index in [0.29, 0.717) is 12.8 Å². The van der Waals surface area contributed by atoms with Crippen molar-refractivity contribution in [3.05, 3.63) is 0 Å². The van der Waals surface area contributed by atoms with Gasteiger partial charge in [0.15, 0.2) is 0 Å². The van der Waals surface area contributed by atoms with Crippen LogP contribution in [0.1, 0.15) is 26.2 Å². The highest BCUT2D eigenvalue weighted by Gasteiger charge is 2.14. The van der Waals surface area contributed by atoms with Crippen LogP contribution in [0.15, 0.2) is 0 Å². The van der Waals surface area contributed by atoms with Crippen LogP contribution in [-0.2, 0) is 4.79 Å². The molecular weight excluding hydrogens is 160 g/mol. The van der Waals surface area contributed by atoms with Crippen LogP contribution in [0.3, 0.4) is 0 Å². The Hall–Kier alpha value is -0.650. The molecule has 0 fully saturated rings. The number of carboxylic acid groups (broad SMARTS) is 1. The summed E-state index contributed by atoms with van der Waals surface area (Å²) in [5.41, 5.74) is 7.20. The van der Waals surface area contributed by atoms with E-state index in [1.54, 1.807) is 5.48 Å². The van der Waals surface area contributed by atoms with Crippen molar-refractivity contribution in [3.63, 3.8) is 0 Å². The number of aliphatic carboxylic acids is 1. The number of hydroxylamine groups is 1. The zero-order chi connectivity index (χ0) is 9.56. The highest BCUT2D eigenvalue weighted by molar-refractivity contribution is 5.73. The molecular formula is C7H16N2O3. The molecule has 5 nitrogen and oxygen atoms in total. The van der Waals surface area contributed by atoms with Crippen molar-refractivity contribution < 1.29 is 15.1 Å². The monoisotopic (exact) mass is 176 g/mol. The fourth-order valence-corrected chi connectivity index (χ4v) is 0.887. The molecule has 0 aromatic rings. The molecule has 0 aliphatic carbocycles. The van der Waals surface area contributed by atoms with Crippen LogP contribution < -0.4 is 11.2 Å². The van der Waals surface area contributed by atoms with Crippen LogP contribution in [0.4, 0.5) is 0 Å². The predicted molar refractivity (Wildman–Crippen MR) is 43.8 cm³/mol. The van der Waals surface area contributed by atoms with Crippen molar-refractivity contribution in [1.29, 1.82) is 0 Å². The van der Waals surface area contributed by atoms with Crippen molar-refractivity contribution in [3.8, 4) is 0 Å². The Morgan fingerprint density at radius 2 is 2.17 bits per heavy atom. The molecule has 0 aromatic heterocycles. The molecule has 0 rings (SSSR count). The molecule has 12 heavy (non-hydrogen) atoms. The molecule has 1 unspecified atom stereocenters. The van der Waals surface area contributed by atoms with Crippen LogP contribution in [0, 0.1) is 0 Å². The molecule has 0 radical (unpaired) electrons. The molecule has 0 saturated heterocycles. The molecule has 72 valence electrons. The van der Waals surface area contributed by atoms with Crippen molar-refractivity contribution in [1.82, 2.24) is 5.48 Å². The lowest BCUT2D eigenvalue weighted by atomic mass is 10.1. The van der Waals surface area contributed by atoms with E-state index < -0.39 is 12.0 Å². The SMILES string of the molecule is CC(N)CCC[C@H](NO)C(=O)O. The van der Waals surface area contributed by atoms with E-state index in [1.807, 2.05) is 6.92 Å². The number of nitrogens with one attached hydrogen (secondary N) is 1. The molecule has 0 heterocycles. The summed E-state index contributed by atoms with van der Waals surface area (Å²) in [5.74, 6) is -1.04. The third-order valence-electron chi connectivity index (χ3n) is 1.61. The fourth-order valence-electron chi connectivity index (χ4n) is 0.887.